The topological polar surface area (TPSA) is 29.1 Å². The van der Waals surface area contributed by atoms with Crippen molar-refractivity contribution in [2.75, 3.05) is 5.32 Å². The Kier molecular flexibility index (Phi) is 4.40. The fraction of sp³-hybridized carbons (Fsp3) is 0.0556. The quantitative estimate of drug-likeness (QED) is 0.648. The smallest absolute Gasteiger partial charge is 0.321 e. The number of benzene rings is 2. The van der Waals surface area contributed by atoms with Crippen LogP contribution in [0, 0.1) is 0 Å². The van der Waals surface area contributed by atoms with Crippen molar-refractivity contribution in [3.63, 3.8) is 0 Å². The van der Waals surface area contributed by atoms with Gasteiger partial charge >= 0.3 is 6.18 Å². The molecule has 2 aromatic carbocycles. The molecule has 0 fully saturated rings. The fourth-order valence-corrected chi connectivity index (χ4v) is 3.15. The van der Waals surface area contributed by atoms with Gasteiger partial charge in [-0.1, -0.05) is 42.5 Å². The lowest BCUT2D eigenvalue weighted by Gasteiger charge is -2.12. The maximum absolute atomic E-state index is 13.0. The van der Waals surface area contributed by atoms with E-state index in [1.54, 1.807) is 12.1 Å². The summed E-state index contributed by atoms with van der Waals surface area (Å²) in [4.78, 5) is 13.5. The van der Waals surface area contributed by atoms with E-state index < -0.39 is 17.6 Å². The van der Waals surface area contributed by atoms with Crippen LogP contribution in [-0.2, 0) is 6.18 Å². The lowest BCUT2D eigenvalue weighted by Crippen LogP contribution is -2.15. The molecule has 0 saturated heterocycles. The van der Waals surface area contributed by atoms with Crippen molar-refractivity contribution in [1.82, 2.24) is 0 Å². The minimum Gasteiger partial charge on any atom is -0.321 e. The number of alkyl halides is 3. The van der Waals surface area contributed by atoms with E-state index in [9.17, 15) is 18.0 Å². The van der Waals surface area contributed by atoms with Crippen LogP contribution in [0.4, 0.5) is 18.9 Å². The number of carbonyl (C=O) groups excluding carboxylic acids is 1. The third-order valence-electron chi connectivity index (χ3n) is 3.37. The van der Waals surface area contributed by atoms with Crippen molar-refractivity contribution >= 4 is 22.9 Å². The van der Waals surface area contributed by atoms with Crippen molar-refractivity contribution in [2.45, 2.75) is 6.18 Å². The van der Waals surface area contributed by atoms with Crippen LogP contribution in [0.1, 0.15) is 15.2 Å². The summed E-state index contributed by atoms with van der Waals surface area (Å²) in [5.74, 6) is -0.557. The number of amides is 1. The standard InChI is InChI=1S/C18H12F3NOS/c19-18(20,21)13-8-4-5-9-14(13)22-17(23)16-11-10-15(24-16)12-6-2-1-3-7-12/h1-11H,(H,22,23). The first-order valence-electron chi connectivity index (χ1n) is 7.08. The molecule has 1 heterocycles. The van der Waals surface area contributed by atoms with Gasteiger partial charge in [-0.05, 0) is 29.8 Å². The number of hydrogen-bond donors (Lipinski definition) is 1. The van der Waals surface area contributed by atoms with Gasteiger partial charge in [0.25, 0.3) is 5.91 Å². The van der Waals surface area contributed by atoms with Crippen LogP contribution in [0.2, 0.25) is 0 Å². The molecule has 0 bridgehead atoms. The Bertz CT molecular complexity index is 856. The predicted molar refractivity (Wildman–Crippen MR) is 89.2 cm³/mol. The average molecular weight is 347 g/mol. The number of thiophene rings is 1. The molecule has 0 radical (unpaired) electrons. The number of para-hydroxylation sites is 1. The van der Waals surface area contributed by atoms with Gasteiger partial charge in [-0.25, -0.2) is 0 Å². The summed E-state index contributed by atoms with van der Waals surface area (Å²) in [6.45, 7) is 0. The average Bonchev–Trinajstić information content (AvgIpc) is 3.05. The van der Waals surface area contributed by atoms with E-state index in [0.717, 1.165) is 16.5 Å². The molecule has 6 heteroatoms. The Morgan fingerprint density at radius 1 is 0.875 bits per heavy atom. The first kappa shape index (κ1) is 16.3. The SMILES string of the molecule is O=C(Nc1ccccc1C(F)(F)F)c1ccc(-c2ccccc2)s1. The fourth-order valence-electron chi connectivity index (χ4n) is 2.24. The zero-order chi connectivity index (χ0) is 17.2. The van der Waals surface area contributed by atoms with Crippen molar-refractivity contribution in [3.05, 3.63) is 77.2 Å². The lowest BCUT2D eigenvalue weighted by atomic mass is 10.1. The third-order valence-corrected chi connectivity index (χ3v) is 4.50. The zero-order valence-corrected chi connectivity index (χ0v) is 13.1. The van der Waals surface area contributed by atoms with E-state index >= 15 is 0 Å². The number of hydrogen-bond acceptors (Lipinski definition) is 2. The van der Waals surface area contributed by atoms with E-state index in [0.29, 0.717) is 4.88 Å². The second-order valence-corrected chi connectivity index (χ2v) is 6.11. The minimum absolute atomic E-state index is 0.246. The maximum Gasteiger partial charge on any atom is 0.418 e. The molecule has 2 nitrogen and oxygen atoms in total. The molecule has 0 saturated carbocycles. The normalized spacial score (nSPS) is 11.3. The van der Waals surface area contributed by atoms with E-state index in [4.69, 9.17) is 0 Å². The number of nitrogens with one attached hydrogen (secondary N) is 1. The monoisotopic (exact) mass is 347 g/mol. The molecule has 0 aliphatic carbocycles. The van der Waals surface area contributed by atoms with Crippen LogP contribution in [0.15, 0.2) is 66.7 Å². The summed E-state index contributed by atoms with van der Waals surface area (Å²) >= 11 is 1.23. The Hall–Kier alpha value is -2.60. The molecular formula is C18H12F3NOS. The summed E-state index contributed by atoms with van der Waals surface area (Å²) in [5, 5.41) is 2.35. The van der Waals surface area contributed by atoms with Crippen molar-refractivity contribution in [3.8, 4) is 10.4 Å². The molecule has 0 spiro atoms. The molecular weight excluding hydrogens is 335 g/mol. The largest absolute Gasteiger partial charge is 0.418 e. The highest BCUT2D eigenvalue weighted by atomic mass is 32.1. The lowest BCUT2D eigenvalue weighted by molar-refractivity contribution is -0.136. The molecule has 0 atom stereocenters. The van der Waals surface area contributed by atoms with Gasteiger partial charge < -0.3 is 5.32 Å². The van der Waals surface area contributed by atoms with Crippen LogP contribution in [0.5, 0.6) is 0 Å². The van der Waals surface area contributed by atoms with E-state index in [2.05, 4.69) is 5.32 Å². The van der Waals surface area contributed by atoms with Gasteiger partial charge in [0.05, 0.1) is 16.1 Å². The highest BCUT2D eigenvalue weighted by Crippen LogP contribution is 2.35. The zero-order valence-electron chi connectivity index (χ0n) is 12.3. The van der Waals surface area contributed by atoms with Crippen LogP contribution >= 0.6 is 11.3 Å². The van der Waals surface area contributed by atoms with Crippen LogP contribution in [0.3, 0.4) is 0 Å². The molecule has 3 rings (SSSR count). The molecule has 122 valence electrons. The summed E-state index contributed by atoms with van der Waals surface area (Å²) in [6.07, 6.45) is -4.52. The van der Waals surface area contributed by atoms with Gasteiger partial charge in [0.2, 0.25) is 0 Å². The first-order chi connectivity index (χ1) is 11.4. The molecule has 24 heavy (non-hydrogen) atoms. The molecule has 1 N–H and O–H groups in total. The molecule has 0 aliphatic rings. The Balaban J connectivity index is 1.83. The van der Waals surface area contributed by atoms with Crippen molar-refractivity contribution < 1.29 is 18.0 Å². The molecule has 1 amide bonds. The van der Waals surface area contributed by atoms with Gasteiger partial charge in [-0.2, -0.15) is 13.2 Å². The van der Waals surface area contributed by atoms with Gasteiger partial charge in [-0.15, -0.1) is 11.3 Å². The second kappa shape index (κ2) is 6.49. The summed E-state index contributed by atoms with van der Waals surface area (Å²) in [5.41, 5.74) is -0.153. The third kappa shape index (κ3) is 3.49. The Labute approximate surface area is 140 Å². The Morgan fingerprint density at radius 3 is 2.25 bits per heavy atom. The molecule has 1 aromatic heterocycles. The van der Waals surface area contributed by atoms with E-state index in [1.165, 1.54) is 29.5 Å². The number of halogens is 3. The first-order valence-corrected chi connectivity index (χ1v) is 7.89. The highest BCUT2D eigenvalue weighted by molar-refractivity contribution is 7.17. The molecule has 0 aliphatic heterocycles. The minimum atomic E-state index is -4.52. The number of carbonyl (C=O) groups is 1. The van der Waals surface area contributed by atoms with Crippen LogP contribution in [0.25, 0.3) is 10.4 Å². The van der Waals surface area contributed by atoms with E-state index in [1.807, 2.05) is 30.3 Å². The van der Waals surface area contributed by atoms with Crippen molar-refractivity contribution in [2.24, 2.45) is 0 Å². The van der Waals surface area contributed by atoms with E-state index in [-0.39, 0.29) is 5.69 Å². The maximum atomic E-state index is 13.0. The second-order valence-electron chi connectivity index (χ2n) is 5.03. The van der Waals surface area contributed by atoms with Crippen LogP contribution in [-0.4, -0.2) is 5.91 Å². The number of anilines is 1. The molecule has 3 aromatic rings. The van der Waals surface area contributed by atoms with Gasteiger partial charge in [0.15, 0.2) is 0 Å². The summed E-state index contributed by atoms with van der Waals surface area (Å²) in [6, 6.07) is 17.8. The predicted octanol–water partition coefficient (Wildman–Crippen LogP) is 5.69. The van der Waals surface area contributed by atoms with Gasteiger partial charge in [-0.3, -0.25) is 4.79 Å². The van der Waals surface area contributed by atoms with Crippen molar-refractivity contribution in [1.29, 1.82) is 0 Å². The Morgan fingerprint density at radius 2 is 1.54 bits per heavy atom. The van der Waals surface area contributed by atoms with Crippen LogP contribution < -0.4 is 5.32 Å². The summed E-state index contributed by atoms with van der Waals surface area (Å²) < 4.78 is 38.9. The number of rotatable bonds is 3. The highest BCUT2D eigenvalue weighted by Gasteiger charge is 2.33. The van der Waals surface area contributed by atoms with Gasteiger partial charge in [0.1, 0.15) is 0 Å². The van der Waals surface area contributed by atoms with Gasteiger partial charge in [0, 0.05) is 4.88 Å². The molecule has 0 unspecified atom stereocenters. The summed E-state index contributed by atoms with van der Waals surface area (Å²) in [7, 11) is 0.